The fraction of sp³-hybridized carbons (Fsp3) is 0.625. The Bertz CT molecular complexity index is 499. The predicted molar refractivity (Wildman–Crippen MR) is 83.5 cm³/mol. The van der Waals surface area contributed by atoms with Gasteiger partial charge in [-0.05, 0) is 38.4 Å². The van der Waals surface area contributed by atoms with Gasteiger partial charge in [0.25, 0.3) is 5.91 Å². The van der Waals surface area contributed by atoms with Crippen LogP contribution in [0.15, 0.2) is 18.5 Å². The molecule has 0 spiro atoms. The Morgan fingerprint density at radius 1 is 1.29 bits per heavy atom. The number of hydrogen-bond donors (Lipinski definition) is 1. The molecule has 1 aromatic rings. The van der Waals surface area contributed by atoms with Crippen LogP contribution in [0.5, 0.6) is 0 Å². The van der Waals surface area contributed by atoms with Crippen molar-refractivity contribution < 1.29 is 4.79 Å². The average molecular weight is 288 g/mol. The Hall–Kier alpha value is -1.62. The maximum absolute atomic E-state index is 12.7. The molecule has 1 N–H and O–H groups in total. The normalized spacial score (nSPS) is 23.3. The summed E-state index contributed by atoms with van der Waals surface area (Å²) in [7, 11) is 1.83. The number of pyridine rings is 1. The first kappa shape index (κ1) is 14.3. The van der Waals surface area contributed by atoms with Gasteiger partial charge in [0.15, 0.2) is 0 Å². The second kappa shape index (κ2) is 6.43. The minimum atomic E-state index is 0.126. The fourth-order valence-corrected chi connectivity index (χ4v) is 3.46. The van der Waals surface area contributed by atoms with Gasteiger partial charge in [-0.3, -0.25) is 14.7 Å². The molecule has 1 unspecified atom stereocenters. The van der Waals surface area contributed by atoms with E-state index in [0.717, 1.165) is 30.8 Å². The molecular weight excluding hydrogens is 264 g/mol. The fourth-order valence-electron chi connectivity index (χ4n) is 3.46. The van der Waals surface area contributed by atoms with E-state index in [1.54, 1.807) is 12.4 Å². The van der Waals surface area contributed by atoms with E-state index in [2.05, 4.69) is 15.2 Å². The van der Waals surface area contributed by atoms with Crippen LogP contribution in [0.2, 0.25) is 0 Å². The van der Waals surface area contributed by atoms with Crippen LogP contribution in [0.3, 0.4) is 0 Å². The number of rotatable bonds is 3. The minimum Gasteiger partial charge on any atom is -0.386 e. The lowest BCUT2D eigenvalue weighted by atomic mass is 10.1. The Balaban J connectivity index is 1.66. The number of carbonyl (C=O) groups is 1. The Morgan fingerprint density at radius 2 is 2.10 bits per heavy atom. The molecule has 2 aliphatic heterocycles. The lowest BCUT2D eigenvalue weighted by Gasteiger charge is -2.32. The lowest BCUT2D eigenvalue weighted by Crippen LogP contribution is -2.41. The quantitative estimate of drug-likeness (QED) is 0.922. The van der Waals surface area contributed by atoms with Crippen LogP contribution in [0.4, 0.5) is 5.69 Å². The van der Waals surface area contributed by atoms with Crippen molar-refractivity contribution in [3.8, 4) is 0 Å². The van der Waals surface area contributed by atoms with Gasteiger partial charge < -0.3 is 10.2 Å². The maximum Gasteiger partial charge on any atom is 0.256 e. The van der Waals surface area contributed by atoms with E-state index in [1.807, 2.05) is 18.0 Å². The van der Waals surface area contributed by atoms with E-state index in [1.165, 1.54) is 32.4 Å². The van der Waals surface area contributed by atoms with E-state index in [9.17, 15) is 4.79 Å². The van der Waals surface area contributed by atoms with E-state index in [4.69, 9.17) is 0 Å². The molecule has 0 radical (unpaired) electrons. The number of piperidine rings is 1. The van der Waals surface area contributed by atoms with Gasteiger partial charge >= 0.3 is 0 Å². The molecule has 0 bridgehead atoms. The van der Waals surface area contributed by atoms with Crippen molar-refractivity contribution in [2.45, 2.75) is 31.7 Å². The Labute approximate surface area is 126 Å². The van der Waals surface area contributed by atoms with Crippen molar-refractivity contribution >= 4 is 11.6 Å². The molecule has 5 heteroatoms. The van der Waals surface area contributed by atoms with Crippen molar-refractivity contribution in [2.24, 2.45) is 0 Å². The van der Waals surface area contributed by atoms with E-state index >= 15 is 0 Å². The highest BCUT2D eigenvalue weighted by Gasteiger charge is 2.31. The highest BCUT2D eigenvalue weighted by molar-refractivity contribution is 5.99. The standard InChI is InChI=1S/C16H24N4O/c1-17-15-11-18-7-5-14(15)16(21)20-10-6-13(12-20)19-8-3-2-4-9-19/h5,7,11,13,17H,2-4,6,8-10,12H2,1H3. The van der Waals surface area contributed by atoms with Gasteiger partial charge in [-0.1, -0.05) is 6.42 Å². The van der Waals surface area contributed by atoms with Gasteiger partial charge in [-0.25, -0.2) is 0 Å². The first-order valence-corrected chi connectivity index (χ1v) is 7.94. The van der Waals surface area contributed by atoms with Gasteiger partial charge in [-0.2, -0.15) is 0 Å². The molecular formula is C16H24N4O. The summed E-state index contributed by atoms with van der Waals surface area (Å²) in [6.45, 7) is 4.13. The summed E-state index contributed by atoms with van der Waals surface area (Å²) in [5.74, 6) is 0.126. The van der Waals surface area contributed by atoms with Crippen LogP contribution in [-0.2, 0) is 0 Å². The molecule has 2 fully saturated rings. The SMILES string of the molecule is CNc1cnccc1C(=O)N1CCC(N2CCCCC2)C1. The minimum absolute atomic E-state index is 0.126. The van der Waals surface area contributed by atoms with Gasteiger partial charge in [0, 0.05) is 32.4 Å². The summed E-state index contributed by atoms with van der Waals surface area (Å²) in [4.78, 5) is 21.3. The topological polar surface area (TPSA) is 48.5 Å². The van der Waals surface area contributed by atoms with Crippen molar-refractivity contribution in [3.05, 3.63) is 24.0 Å². The first-order chi connectivity index (χ1) is 10.3. The summed E-state index contributed by atoms with van der Waals surface area (Å²) in [6, 6.07) is 2.36. The molecule has 2 saturated heterocycles. The van der Waals surface area contributed by atoms with E-state index in [-0.39, 0.29) is 5.91 Å². The summed E-state index contributed by atoms with van der Waals surface area (Å²) in [5, 5.41) is 3.05. The maximum atomic E-state index is 12.7. The Kier molecular flexibility index (Phi) is 4.39. The number of anilines is 1. The van der Waals surface area contributed by atoms with Crippen molar-refractivity contribution in [1.82, 2.24) is 14.8 Å². The van der Waals surface area contributed by atoms with E-state index < -0.39 is 0 Å². The number of carbonyl (C=O) groups excluding carboxylic acids is 1. The number of nitrogens with one attached hydrogen (secondary N) is 1. The van der Waals surface area contributed by atoms with Crippen molar-refractivity contribution in [3.63, 3.8) is 0 Å². The smallest absolute Gasteiger partial charge is 0.256 e. The largest absolute Gasteiger partial charge is 0.386 e. The summed E-state index contributed by atoms with van der Waals surface area (Å²) < 4.78 is 0. The van der Waals surface area contributed by atoms with Gasteiger partial charge in [0.2, 0.25) is 0 Å². The molecule has 2 aliphatic rings. The van der Waals surface area contributed by atoms with Crippen molar-refractivity contribution in [2.75, 3.05) is 38.5 Å². The predicted octanol–water partition coefficient (Wildman–Crippen LogP) is 1.82. The zero-order valence-electron chi connectivity index (χ0n) is 12.7. The highest BCUT2D eigenvalue weighted by atomic mass is 16.2. The summed E-state index contributed by atoms with van der Waals surface area (Å²) >= 11 is 0. The number of likely N-dealkylation sites (tertiary alicyclic amines) is 2. The van der Waals surface area contributed by atoms with Crippen LogP contribution in [0.1, 0.15) is 36.0 Å². The van der Waals surface area contributed by atoms with Gasteiger partial charge in [-0.15, -0.1) is 0 Å². The molecule has 21 heavy (non-hydrogen) atoms. The molecule has 0 aromatic carbocycles. The molecule has 114 valence electrons. The molecule has 1 aromatic heterocycles. The molecule has 5 nitrogen and oxygen atoms in total. The summed E-state index contributed by atoms with van der Waals surface area (Å²) in [5.41, 5.74) is 1.54. The molecule has 1 atom stereocenters. The molecule has 3 heterocycles. The zero-order valence-corrected chi connectivity index (χ0v) is 12.7. The number of nitrogens with zero attached hydrogens (tertiary/aromatic N) is 3. The number of hydrogen-bond acceptors (Lipinski definition) is 4. The van der Waals surface area contributed by atoms with Crippen LogP contribution in [-0.4, -0.2) is 60.0 Å². The van der Waals surface area contributed by atoms with Crippen LogP contribution >= 0.6 is 0 Å². The van der Waals surface area contributed by atoms with Crippen molar-refractivity contribution in [1.29, 1.82) is 0 Å². The zero-order chi connectivity index (χ0) is 14.7. The third-order valence-electron chi connectivity index (χ3n) is 4.68. The molecule has 0 saturated carbocycles. The van der Waals surface area contributed by atoms with E-state index in [0.29, 0.717) is 6.04 Å². The monoisotopic (exact) mass is 288 g/mol. The van der Waals surface area contributed by atoms with Crippen LogP contribution < -0.4 is 5.32 Å². The van der Waals surface area contributed by atoms with Crippen LogP contribution in [0.25, 0.3) is 0 Å². The number of aromatic nitrogens is 1. The second-order valence-corrected chi connectivity index (χ2v) is 5.96. The Morgan fingerprint density at radius 3 is 2.86 bits per heavy atom. The summed E-state index contributed by atoms with van der Waals surface area (Å²) in [6.07, 6.45) is 8.47. The van der Waals surface area contributed by atoms with Crippen LogP contribution in [0, 0.1) is 0 Å². The third-order valence-corrected chi connectivity index (χ3v) is 4.68. The van der Waals surface area contributed by atoms with Gasteiger partial charge in [0.05, 0.1) is 17.4 Å². The van der Waals surface area contributed by atoms with Gasteiger partial charge in [0.1, 0.15) is 0 Å². The third kappa shape index (κ3) is 3.02. The highest BCUT2D eigenvalue weighted by Crippen LogP contribution is 2.23. The first-order valence-electron chi connectivity index (χ1n) is 7.94. The second-order valence-electron chi connectivity index (χ2n) is 5.96. The molecule has 0 aliphatic carbocycles. The number of amides is 1. The lowest BCUT2D eigenvalue weighted by molar-refractivity contribution is 0.0772. The average Bonchev–Trinajstić information content (AvgIpc) is 3.05. The molecule has 1 amide bonds. The molecule has 3 rings (SSSR count).